The maximum atomic E-state index is 11.9. The average molecular weight is 457 g/mol. The number of carbonyl (C=O) groups excluding carboxylic acids is 1. The number of carbonyl (C=O) groups is 1. The normalized spacial score (nSPS) is 14.8. The van der Waals surface area contributed by atoms with Gasteiger partial charge in [0, 0.05) is 47.7 Å². The Bertz CT molecular complexity index is 1030. The van der Waals surface area contributed by atoms with Gasteiger partial charge in [0.05, 0.1) is 17.6 Å². The standard InChI is InChI=1S/C21H21BrN4OS/c22-17-6-1-5-16(13-17)19-15-28-21(24-18-7-2-9-23-14-18)26(19)12-4-11-25-10-3-8-20(25)27/h1-2,5-7,9,13-15H,3-4,8,10-12H2. The Kier molecular flexibility index (Phi) is 6.02. The second-order valence-corrected chi connectivity index (χ2v) is 8.48. The van der Waals surface area contributed by atoms with E-state index in [0.29, 0.717) is 6.42 Å². The number of likely N-dealkylation sites (tertiary alicyclic amines) is 1. The first-order valence-corrected chi connectivity index (χ1v) is 11.0. The number of halogens is 1. The summed E-state index contributed by atoms with van der Waals surface area (Å²) >= 11 is 5.19. The maximum Gasteiger partial charge on any atom is 0.222 e. The summed E-state index contributed by atoms with van der Waals surface area (Å²) in [7, 11) is 0. The van der Waals surface area contributed by atoms with Crippen LogP contribution in [0.1, 0.15) is 19.3 Å². The van der Waals surface area contributed by atoms with Crippen molar-refractivity contribution in [1.82, 2.24) is 14.5 Å². The first-order valence-electron chi connectivity index (χ1n) is 9.37. The van der Waals surface area contributed by atoms with E-state index in [9.17, 15) is 4.79 Å². The molecule has 1 fully saturated rings. The van der Waals surface area contributed by atoms with Gasteiger partial charge in [0.1, 0.15) is 0 Å². The van der Waals surface area contributed by atoms with Crippen molar-refractivity contribution in [3.05, 3.63) is 63.4 Å². The summed E-state index contributed by atoms with van der Waals surface area (Å²) in [6.07, 6.45) is 6.10. The molecular formula is C21H21BrN4OS. The van der Waals surface area contributed by atoms with Gasteiger partial charge in [-0.15, -0.1) is 11.3 Å². The number of aromatic nitrogens is 2. The summed E-state index contributed by atoms with van der Waals surface area (Å²) in [5.74, 6) is 0.280. The molecule has 1 amide bonds. The van der Waals surface area contributed by atoms with E-state index in [0.717, 1.165) is 58.7 Å². The lowest BCUT2D eigenvalue weighted by Crippen LogP contribution is -2.27. The molecule has 3 heterocycles. The molecule has 2 aromatic heterocycles. The fourth-order valence-corrected chi connectivity index (χ4v) is 4.76. The summed E-state index contributed by atoms with van der Waals surface area (Å²) in [5.41, 5.74) is 3.13. The number of nitrogens with zero attached hydrogens (tertiary/aromatic N) is 4. The molecule has 0 bridgehead atoms. The highest BCUT2D eigenvalue weighted by Gasteiger charge is 2.19. The third-order valence-electron chi connectivity index (χ3n) is 4.77. The van der Waals surface area contributed by atoms with Gasteiger partial charge in [-0.1, -0.05) is 28.1 Å². The predicted octanol–water partition coefficient (Wildman–Crippen LogP) is 4.62. The van der Waals surface area contributed by atoms with Crippen molar-refractivity contribution >= 4 is 38.9 Å². The topological polar surface area (TPSA) is 50.5 Å². The molecule has 0 N–H and O–H groups in total. The first-order chi connectivity index (χ1) is 13.7. The van der Waals surface area contributed by atoms with Crippen LogP contribution in [-0.4, -0.2) is 33.4 Å². The molecule has 0 unspecified atom stereocenters. The fraction of sp³-hybridized carbons (Fsp3) is 0.286. The lowest BCUT2D eigenvalue weighted by atomic mass is 10.2. The third-order valence-corrected chi connectivity index (χ3v) is 6.13. The third kappa shape index (κ3) is 4.42. The number of hydrogen-bond donors (Lipinski definition) is 0. The van der Waals surface area contributed by atoms with Crippen LogP contribution in [0.4, 0.5) is 5.69 Å². The summed E-state index contributed by atoms with van der Waals surface area (Å²) in [4.78, 5) is 23.8. The van der Waals surface area contributed by atoms with Crippen molar-refractivity contribution in [2.45, 2.75) is 25.8 Å². The molecule has 1 saturated heterocycles. The molecule has 7 heteroatoms. The molecule has 5 nitrogen and oxygen atoms in total. The van der Waals surface area contributed by atoms with Crippen molar-refractivity contribution in [3.8, 4) is 11.3 Å². The Labute approximate surface area is 176 Å². The van der Waals surface area contributed by atoms with Gasteiger partial charge >= 0.3 is 0 Å². The smallest absolute Gasteiger partial charge is 0.222 e. The SMILES string of the molecule is O=C1CCCN1CCCn1c(-c2cccc(Br)c2)csc1=Nc1cccnc1. The lowest BCUT2D eigenvalue weighted by molar-refractivity contribution is -0.127. The number of thiazole rings is 1. The maximum absolute atomic E-state index is 11.9. The highest BCUT2D eigenvalue weighted by Crippen LogP contribution is 2.24. The van der Waals surface area contributed by atoms with Gasteiger partial charge in [0.25, 0.3) is 0 Å². The van der Waals surface area contributed by atoms with E-state index in [1.54, 1.807) is 23.7 Å². The van der Waals surface area contributed by atoms with Crippen LogP contribution in [0.15, 0.2) is 63.6 Å². The van der Waals surface area contributed by atoms with Gasteiger partial charge in [-0.3, -0.25) is 9.78 Å². The van der Waals surface area contributed by atoms with Crippen LogP contribution in [-0.2, 0) is 11.3 Å². The monoisotopic (exact) mass is 456 g/mol. The van der Waals surface area contributed by atoms with Crippen LogP contribution >= 0.6 is 27.3 Å². The molecule has 0 radical (unpaired) electrons. The fourth-order valence-electron chi connectivity index (χ4n) is 3.40. The molecule has 144 valence electrons. The average Bonchev–Trinajstić information content (AvgIpc) is 3.29. The molecule has 4 rings (SSSR count). The number of benzene rings is 1. The van der Waals surface area contributed by atoms with Crippen LogP contribution in [0.5, 0.6) is 0 Å². The second kappa shape index (κ2) is 8.84. The summed E-state index contributed by atoms with van der Waals surface area (Å²) in [6, 6.07) is 12.2. The minimum absolute atomic E-state index is 0.280. The van der Waals surface area contributed by atoms with E-state index in [1.165, 1.54) is 0 Å². The van der Waals surface area contributed by atoms with Crippen molar-refractivity contribution in [1.29, 1.82) is 0 Å². The first kappa shape index (κ1) is 19.1. The van der Waals surface area contributed by atoms with Gasteiger partial charge in [-0.25, -0.2) is 4.99 Å². The van der Waals surface area contributed by atoms with E-state index < -0.39 is 0 Å². The Morgan fingerprint density at radius 1 is 1.21 bits per heavy atom. The quantitative estimate of drug-likeness (QED) is 0.543. The molecule has 1 aromatic carbocycles. The van der Waals surface area contributed by atoms with Gasteiger partial charge in [-0.05, 0) is 37.1 Å². The van der Waals surface area contributed by atoms with Crippen molar-refractivity contribution in [2.24, 2.45) is 4.99 Å². The van der Waals surface area contributed by atoms with Crippen LogP contribution in [0.2, 0.25) is 0 Å². The highest BCUT2D eigenvalue weighted by atomic mass is 79.9. The minimum atomic E-state index is 0.280. The van der Waals surface area contributed by atoms with Crippen molar-refractivity contribution in [2.75, 3.05) is 13.1 Å². The lowest BCUT2D eigenvalue weighted by Gasteiger charge is -2.16. The molecule has 0 spiro atoms. The summed E-state index contributed by atoms with van der Waals surface area (Å²) in [6.45, 7) is 2.50. The summed E-state index contributed by atoms with van der Waals surface area (Å²) in [5, 5.41) is 2.15. The van der Waals surface area contributed by atoms with E-state index in [-0.39, 0.29) is 5.91 Å². The van der Waals surface area contributed by atoms with E-state index in [2.05, 4.69) is 43.0 Å². The van der Waals surface area contributed by atoms with Crippen molar-refractivity contribution in [3.63, 3.8) is 0 Å². The molecule has 1 aliphatic heterocycles. The van der Waals surface area contributed by atoms with Crippen LogP contribution in [0, 0.1) is 0 Å². The predicted molar refractivity (Wildman–Crippen MR) is 115 cm³/mol. The molecule has 0 saturated carbocycles. The molecule has 1 aliphatic rings. The molecule has 28 heavy (non-hydrogen) atoms. The molecule has 0 atom stereocenters. The Morgan fingerprint density at radius 3 is 2.89 bits per heavy atom. The van der Waals surface area contributed by atoms with E-state index >= 15 is 0 Å². The zero-order valence-electron chi connectivity index (χ0n) is 15.4. The Morgan fingerprint density at radius 2 is 2.14 bits per heavy atom. The minimum Gasteiger partial charge on any atom is -0.343 e. The zero-order chi connectivity index (χ0) is 19.3. The molecule has 0 aliphatic carbocycles. The van der Waals surface area contributed by atoms with Gasteiger partial charge in [-0.2, -0.15) is 0 Å². The van der Waals surface area contributed by atoms with E-state index in [4.69, 9.17) is 4.99 Å². The van der Waals surface area contributed by atoms with Gasteiger partial charge in [0.2, 0.25) is 5.91 Å². The van der Waals surface area contributed by atoms with Crippen molar-refractivity contribution < 1.29 is 4.79 Å². The Hall–Kier alpha value is -2.25. The summed E-state index contributed by atoms with van der Waals surface area (Å²) < 4.78 is 3.30. The van der Waals surface area contributed by atoms with Gasteiger partial charge < -0.3 is 9.47 Å². The van der Waals surface area contributed by atoms with E-state index in [1.807, 2.05) is 29.2 Å². The number of hydrogen-bond acceptors (Lipinski definition) is 4. The largest absolute Gasteiger partial charge is 0.343 e. The number of pyridine rings is 1. The molecular weight excluding hydrogens is 436 g/mol. The highest BCUT2D eigenvalue weighted by molar-refractivity contribution is 9.10. The van der Waals surface area contributed by atoms with Crippen LogP contribution < -0.4 is 4.80 Å². The molecule has 3 aromatic rings. The van der Waals surface area contributed by atoms with Gasteiger partial charge in [0.15, 0.2) is 4.80 Å². The number of rotatable bonds is 6. The Balaban J connectivity index is 1.65. The second-order valence-electron chi connectivity index (χ2n) is 6.73. The number of amides is 1. The zero-order valence-corrected chi connectivity index (χ0v) is 17.8. The van der Waals surface area contributed by atoms with Crippen LogP contribution in [0.3, 0.4) is 0 Å². The van der Waals surface area contributed by atoms with Crippen LogP contribution in [0.25, 0.3) is 11.3 Å².